The first-order chi connectivity index (χ1) is 13.1. The van der Waals surface area contributed by atoms with E-state index in [0.717, 1.165) is 37.0 Å². The average molecular weight is 386 g/mol. The third-order valence-electron chi connectivity index (χ3n) is 4.80. The Kier molecular flexibility index (Phi) is 5.13. The number of sulfonamides is 1. The van der Waals surface area contributed by atoms with Crippen molar-refractivity contribution in [1.82, 2.24) is 4.31 Å². The van der Waals surface area contributed by atoms with Crippen molar-refractivity contribution in [3.63, 3.8) is 0 Å². The van der Waals surface area contributed by atoms with E-state index in [4.69, 9.17) is 9.47 Å². The fraction of sp³-hybridized carbons (Fsp3) is 0.350. The molecule has 1 saturated heterocycles. The van der Waals surface area contributed by atoms with Crippen molar-refractivity contribution >= 4 is 21.9 Å². The molecule has 2 aromatic carbocycles. The minimum absolute atomic E-state index is 0.239. The minimum Gasteiger partial charge on any atom is -0.454 e. The summed E-state index contributed by atoms with van der Waals surface area (Å²) in [6, 6.07) is 12.3. The van der Waals surface area contributed by atoms with Crippen molar-refractivity contribution in [2.24, 2.45) is 4.99 Å². The van der Waals surface area contributed by atoms with E-state index < -0.39 is 10.0 Å². The summed E-state index contributed by atoms with van der Waals surface area (Å²) >= 11 is 0. The van der Waals surface area contributed by atoms with Gasteiger partial charge in [0.2, 0.25) is 16.8 Å². The maximum Gasteiger partial charge on any atom is 0.243 e. The number of hydrogen-bond acceptors (Lipinski definition) is 5. The number of aliphatic imine (C=N–C) groups is 1. The second-order valence-corrected chi connectivity index (χ2v) is 8.62. The fourth-order valence-electron chi connectivity index (χ4n) is 3.28. The lowest BCUT2D eigenvalue weighted by molar-refractivity contribution is 0.174. The Bertz CT molecular complexity index is 931. The Morgan fingerprint density at radius 2 is 1.59 bits per heavy atom. The van der Waals surface area contributed by atoms with Crippen LogP contribution < -0.4 is 9.47 Å². The topological polar surface area (TPSA) is 68.2 Å². The highest BCUT2D eigenvalue weighted by Gasteiger charge is 2.24. The zero-order chi connectivity index (χ0) is 18.7. The molecule has 0 saturated carbocycles. The molecule has 2 heterocycles. The number of rotatable bonds is 4. The van der Waals surface area contributed by atoms with E-state index in [0.29, 0.717) is 29.4 Å². The first-order valence-corrected chi connectivity index (χ1v) is 10.6. The molecule has 4 rings (SSSR count). The third kappa shape index (κ3) is 3.99. The molecule has 0 aliphatic carbocycles. The van der Waals surface area contributed by atoms with E-state index in [1.165, 1.54) is 0 Å². The zero-order valence-electron chi connectivity index (χ0n) is 15.0. The quantitative estimate of drug-likeness (QED) is 0.751. The lowest BCUT2D eigenvalue weighted by atomic mass is 10.2. The number of ether oxygens (including phenoxy) is 2. The summed E-state index contributed by atoms with van der Waals surface area (Å²) in [5.74, 6) is 1.44. The molecule has 7 heteroatoms. The highest BCUT2D eigenvalue weighted by Crippen LogP contribution is 2.32. The SMILES string of the molecule is O=S(=O)(c1ccc(N=Cc2ccc3c(c2)OCO3)cc1)N1CCCCCC1. The lowest BCUT2D eigenvalue weighted by Gasteiger charge is -2.19. The summed E-state index contributed by atoms with van der Waals surface area (Å²) in [5.41, 5.74) is 1.59. The van der Waals surface area contributed by atoms with Gasteiger partial charge in [-0.2, -0.15) is 4.31 Å². The van der Waals surface area contributed by atoms with Gasteiger partial charge in [-0.05, 0) is 60.9 Å². The van der Waals surface area contributed by atoms with E-state index in [1.807, 2.05) is 18.2 Å². The van der Waals surface area contributed by atoms with Gasteiger partial charge < -0.3 is 9.47 Å². The Morgan fingerprint density at radius 3 is 2.33 bits per heavy atom. The molecule has 0 bridgehead atoms. The van der Waals surface area contributed by atoms with Crippen molar-refractivity contribution in [3.8, 4) is 11.5 Å². The number of nitrogens with zero attached hydrogens (tertiary/aromatic N) is 2. The van der Waals surface area contributed by atoms with Crippen LogP contribution in [0.1, 0.15) is 31.2 Å². The van der Waals surface area contributed by atoms with Gasteiger partial charge >= 0.3 is 0 Å². The van der Waals surface area contributed by atoms with Crippen LogP contribution in [0.2, 0.25) is 0 Å². The summed E-state index contributed by atoms with van der Waals surface area (Å²) in [6.45, 7) is 1.45. The second kappa shape index (κ2) is 7.70. The van der Waals surface area contributed by atoms with Gasteiger partial charge in [-0.25, -0.2) is 8.42 Å². The van der Waals surface area contributed by atoms with Gasteiger partial charge in [-0.15, -0.1) is 0 Å². The normalized spacial score (nSPS) is 17.9. The van der Waals surface area contributed by atoms with Gasteiger partial charge in [0.25, 0.3) is 0 Å². The first kappa shape index (κ1) is 18.0. The Morgan fingerprint density at radius 1 is 0.889 bits per heavy atom. The Labute approximate surface area is 159 Å². The van der Waals surface area contributed by atoms with Crippen LogP contribution in [0.5, 0.6) is 11.5 Å². The maximum absolute atomic E-state index is 12.8. The molecule has 1 fully saturated rings. The Balaban J connectivity index is 1.48. The van der Waals surface area contributed by atoms with Crippen LogP contribution in [0, 0.1) is 0 Å². The number of fused-ring (bicyclic) bond motifs is 1. The zero-order valence-corrected chi connectivity index (χ0v) is 15.8. The van der Waals surface area contributed by atoms with Gasteiger partial charge in [0.15, 0.2) is 11.5 Å². The summed E-state index contributed by atoms with van der Waals surface area (Å²) in [6.07, 6.45) is 5.77. The van der Waals surface area contributed by atoms with Gasteiger partial charge in [-0.1, -0.05) is 12.8 Å². The monoisotopic (exact) mass is 386 g/mol. The molecule has 0 spiro atoms. The molecule has 0 atom stereocenters. The molecule has 2 aromatic rings. The maximum atomic E-state index is 12.8. The predicted octanol–water partition coefficient (Wildman–Crippen LogP) is 3.73. The first-order valence-electron chi connectivity index (χ1n) is 9.17. The van der Waals surface area contributed by atoms with E-state index in [2.05, 4.69) is 4.99 Å². The van der Waals surface area contributed by atoms with Crippen LogP contribution in [-0.2, 0) is 10.0 Å². The fourth-order valence-corrected chi connectivity index (χ4v) is 4.79. The molecule has 0 aromatic heterocycles. The lowest BCUT2D eigenvalue weighted by Crippen LogP contribution is -2.31. The molecule has 0 amide bonds. The summed E-state index contributed by atoms with van der Waals surface area (Å²) in [7, 11) is -3.43. The highest BCUT2D eigenvalue weighted by molar-refractivity contribution is 7.89. The summed E-state index contributed by atoms with van der Waals surface area (Å²) in [5, 5.41) is 0. The van der Waals surface area contributed by atoms with Crippen molar-refractivity contribution < 1.29 is 17.9 Å². The molecule has 142 valence electrons. The number of benzene rings is 2. The summed E-state index contributed by atoms with van der Waals surface area (Å²) in [4.78, 5) is 4.75. The van der Waals surface area contributed by atoms with Crippen molar-refractivity contribution in [1.29, 1.82) is 0 Å². The molecule has 0 radical (unpaired) electrons. The van der Waals surface area contributed by atoms with E-state index >= 15 is 0 Å². The third-order valence-corrected chi connectivity index (χ3v) is 6.71. The van der Waals surface area contributed by atoms with Crippen LogP contribution >= 0.6 is 0 Å². The predicted molar refractivity (Wildman–Crippen MR) is 103 cm³/mol. The minimum atomic E-state index is -3.43. The smallest absolute Gasteiger partial charge is 0.243 e. The molecular weight excluding hydrogens is 364 g/mol. The van der Waals surface area contributed by atoms with Crippen molar-refractivity contribution in [2.45, 2.75) is 30.6 Å². The van der Waals surface area contributed by atoms with Crippen LogP contribution in [-0.4, -0.2) is 38.8 Å². The van der Waals surface area contributed by atoms with E-state index in [9.17, 15) is 8.42 Å². The number of hydrogen-bond donors (Lipinski definition) is 0. The second-order valence-electron chi connectivity index (χ2n) is 6.68. The van der Waals surface area contributed by atoms with Crippen LogP contribution in [0.25, 0.3) is 0 Å². The molecule has 0 unspecified atom stereocenters. The van der Waals surface area contributed by atoms with E-state index in [-0.39, 0.29) is 6.79 Å². The molecule has 2 aliphatic rings. The van der Waals surface area contributed by atoms with Gasteiger partial charge in [0.05, 0.1) is 10.6 Å². The molecule has 27 heavy (non-hydrogen) atoms. The largest absolute Gasteiger partial charge is 0.454 e. The molecule has 2 aliphatic heterocycles. The van der Waals surface area contributed by atoms with Crippen LogP contribution in [0.15, 0.2) is 52.4 Å². The van der Waals surface area contributed by atoms with Crippen molar-refractivity contribution in [2.75, 3.05) is 19.9 Å². The standard InChI is InChI=1S/C20H22N2O4S/c23-27(24,22-11-3-1-2-4-12-22)18-8-6-17(7-9-18)21-14-16-5-10-19-20(13-16)26-15-25-19/h5-10,13-14H,1-4,11-12,15H2. The van der Waals surface area contributed by atoms with Gasteiger partial charge in [0, 0.05) is 19.3 Å². The average Bonchev–Trinajstić information content (AvgIpc) is 2.97. The Hall–Kier alpha value is -2.38. The van der Waals surface area contributed by atoms with E-state index in [1.54, 1.807) is 34.8 Å². The van der Waals surface area contributed by atoms with Gasteiger partial charge in [0.1, 0.15) is 0 Å². The van der Waals surface area contributed by atoms with Gasteiger partial charge in [-0.3, -0.25) is 4.99 Å². The molecule has 6 nitrogen and oxygen atoms in total. The van der Waals surface area contributed by atoms with Crippen LogP contribution in [0.4, 0.5) is 5.69 Å². The summed E-state index contributed by atoms with van der Waals surface area (Å²) < 4.78 is 37.9. The van der Waals surface area contributed by atoms with Crippen LogP contribution in [0.3, 0.4) is 0 Å². The molecular formula is C20H22N2O4S. The van der Waals surface area contributed by atoms with Crippen molar-refractivity contribution in [3.05, 3.63) is 48.0 Å². The highest BCUT2D eigenvalue weighted by atomic mass is 32.2. The molecule has 0 N–H and O–H groups in total.